The Morgan fingerprint density at radius 1 is 1.09 bits per heavy atom. The van der Waals surface area contributed by atoms with Crippen LogP contribution < -0.4 is 0 Å². The predicted octanol–water partition coefficient (Wildman–Crippen LogP) is 4.62. The number of sulfone groups is 1. The number of rotatable bonds is 6. The molecule has 32 heavy (non-hydrogen) atoms. The molecule has 1 saturated heterocycles. The van der Waals surface area contributed by atoms with Crippen molar-refractivity contribution < 1.29 is 22.0 Å². The standard InChI is InChI=1S/C25H24FNO4S/c1-18-2-4-19(5-3-18)6-13-25(28)27(22-14-15-32(29,30)17-22)16-23-11-12-24(31-23)20-7-9-21(26)10-8-20/h2-13,22H,14-17H2,1H3. The first-order chi connectivity index (χ1) is 15.3. The highest BCUT2D eigenvalue weighted by Gasteiger charge is 2.34. The SMILES string of the molecule is Cc1ccc(C=CC(=O)N(Cc2ccc(-c3ccc(F)cc3)o2)C2CCS(=O)(=O)C2)cc1. The van der Waals surface area contributed by atoms with Gasteiger partial charge < -0.3 is 9.32 Å². The van der Waals surface area contributed by atoms with Crippen LogP contribution in [0.4, 0.5) is 4.39 Å². The maximum absolute atomic E-state index is 13.2. The van der Waals surface area contributed by atoms with Crippen molar-refractivity contribution in [2.75, 3.05) is 11.5 Å². The van der Waals surface area contributed by atoms with Gasteiger partial charge in [-0.05, 0) is 61.4 Å². The van der Waals surface area contributed by atoms with Gasteiger partial charge in [-0.25, -0.2) is 12.8 Å². The second-order valence-electron chi connectivity index (χ2n) is 8.04. The molecule has 0 aliphatic carbocycles. The Kier molecular flexibility index (Phi) is 6.28. The Morgan fingerprint density at radius 2 is 1.81 bits per heavy atom. The first-order valence-corrected chi connectivity index (χ1v) is 12.2. The molecule has 1 aromatic heterocycles. The van der Waals surface area contributed by atoms with E-state index < -0.39 is 15.9 Å². The summed E-state index contributed by atoms with van der Waals surface area (Å²) in [6, 6.07) is 16.8. The van der Waals surface area contributed by atoms with Crippen molar-refractivity contribution in [3.8, 4) is 11.3 Å². The van der Waals surface area contributed by atoms with Gasteiger partial charge in [0.2, 0.25) is 5.91 Å². The van der Waals surface area contributed by atoms with Gasteiger partial charge >= 0.3 is 0 Å². The first-order valence-electron chi connectivity index (χ1n) is 10.4. The number of hydrogen-bond donors (Lipinski definition) is 0. The Balaban J connectivity index is 1.55. The number of nitrogens with zero attached hydrogens (tertiary/aromatic N) is 1. The molecule has 2 aromatic carbocycles. The van der Waals surface area contributed by atoms with Crippen LogP contribution in [0, 0.1) is 12.7 Å². The third kappa shape index (κ3) is 5.34. The molecule has 7 heteroatoms. The number of amides is 1. The average molecular weight is 454 g/mol. The molecular weight excluding hydrogens is 429 g/mol. The molecule has 2 heterocycles. The van der Waals surface area contributed by atoms with E-state index in [-0.39, 0.29) is 29.8 Å². The van der Waals surface area contributed by atoms with Gasteiger partial charge in [-0.2, -0.15) is 0 Å². The quantitative estimate of drug-likeness (QED) is 0.511. The van der Waals surface area contributed by atoms with Crippen molar-refractivity contribution >= 4 is 21.8 Å². The Morgan fingerprint density at radius 3 is 2.47 bits per heavy atom. The molecule has 166 valence electrons. The molecule has 0 radical (unpaired) electrons. The maximum Gasteiger partial charge on any atom is 0.247 e. The fourth-order valence-corrected chi connectivity index (χ4v) is 5.48. The van der Waals surface area contributed by atoms with E-state index in [1.807, 2.05) is 31.2 Å². The van der Waals surface area contributed by atoms with Crippen LogP contribution in [0.5, 0.6) is 0 Å². The zero-order valence-corrected chi connectivity index (χ0v) is 18.5. The lowest BCUT2D eigenvalue weighted by Gasteiger charge is -2.26. The minimum Gasteiger partial charge on any atom is -0.459 e. The third-order valence-electron chi connectivity index (χ3n) is 5.54. The smallest absolute Gasteiger partial charge is 0.247 e. The van der Waals surface area contributed by atoms with Gasteiger partial charge in [0.15, 0.2) is 9.84 Å². The fraction of sp³-hybridized carbons (Fsp3) is 0.240. The normalized spacial score (nSPS) is 17.6. The Bertz CT molecular complexity index is 1230. The van der Waals surface area contributed by atoms with Gasteiger partial charge in [-0.3, -0.25) is 4.79 Å². The summed E-state index contributed by atoms with van der Waals surface area (Å²) >= 11 is 0. The highest BCUT2D eigenvalue weighted by Crippen LogP contribution is 2.26. The molecule has 1 aliphatic heterocycles. The van der Waals surface area contributed by atoms with Crippen LogP contribution in [0.3, 0.4) is 0 Å². The number of hydrogen-bond acceptors (Lipinski definition) is 4. The lowest BCUT2D eigenvalue weighted by molar-refractivity contribution is -0.128. The van der Waals surface area contributed by atoms with Crippen LogP contribution in [-0.4, -0.2) is 36.8 Å². The van der Waals surface area contributed by atoms with E-state index in [0.29, 0.717) is 17.9 Å². The lowest BCUT2D eigenvalue weighted by Crippen LogP contribution is -2.39. The van der Waals surface area contributed by atoms with Crippen molar-refractivity contribution in [3.05, 3.63) is 89.4 Å². The summed E-state index contributed by atoms with van der Waals surface area (Å²) in [6.07, 6.45) is 3.60. The minimum absolute atomic E-state index is 0.0529. The van der Waals surface area contributed by atoms with E-state index in [9.17, 15) is 17.6 Å². The van der Waals surface area contributed by atoms with E-state index in [0.717, 1.165) is 16.7 Å². The van der Waals surface area contributed by atoms with E-state index >= 15 is 0 Å². The van der Waals surface area contributed by atoms with Crippen molar-refractivity contribution in [2.45, 2.75) is 25.9 Å². The second kappa shape index (κ2) is 9.12. The summed E-state index contributed by atoms with van der Waals surface area (Å²) in [4.78, 5) is 14.6. The highest BCUT2D eigenvalue weighted by molar-refractivity contribution is 7.91. The van der Waals surface area contributed by atoms with Crippen LogP contribution in [0.25, 0.3) is 17.4 Å². The molecular formula is C25H24FNO4S. The summed E-state index contributed by atoms with van der Waals surface area (Å²) in [7, 11) is -3.16. The maximum atomic E-state index is 13.2. The number of halogens is 1. The van der Waals surface area contributed by atoms with Crippen molar-refractivity contribution in [1.82, 2.24) is 4.90 Å². The molecule has 0 bridgehead atoms. The van der Waals surface area contributed by atoms with Crippen molar-refractivity contribution in [3.63, 3.8) is 0 Å². The molecule has 0 saturated carbocycles. The lowest BCUT2D eigenvalue weighted by atomic mass is 10.1. The minimum atomic E-state index is -3.16. The van der Waals surface area contributed by atoms with E-state index in [1.165, 1.54) is 18.2 Å². The Labute approximate surface area is 187 Å². The molecule has 1 aliphatic rings. The molecule has 1 atom stereocenters. The summed E-state index contributed by atoms with van der Waals surface area (Å²) < 4.78 is 43.2. The summed E-state index contributed by atoms with van der Waals surface area (Å²) in [5.74, 6) is 0.505. The topological polar surface area (TPSA) is 67.6 Å². The van der Waals surface area contributed by atoms with Crippen molar-refractivity contribution in [1.29, 1.82) is 0 Å². The molecule has 1 amide bonds. The van der Waals surface area contributed by atoms with Gasteiger partial charge in [-0.15, -0.1) is 0 Å². The van der Waals surface area contributed by atoms with Crippen LogP contribution >= 0.6 is 0 Å². The molecule has 5 nitrogen and oxygen atoms in total. The molecule has 3 aromatic rings. The molecule has 0 spiro atoms. The number of carbonyl (C=O) groups is 1. The summed E-state index contributed by atoms with van der Waals surface area (Å²) in [5.41, 5.74) is 2.74. The number of aryl methyl sites for hydroxylation is 1. The molecule has 4 rings (SSSR count). The molecule has 0 N–H and O–H groups in total. The highest BCUT2D eigenvalue weighted by atomic mass is 32.2. The van der Waals surface area contributed by atoms with Gasteiger partial charge in [0.25, 0.3) is 0 Å². The van der Waals surface area contributed by atoms with E-state index in [2.05, 4.69) is 0 Å². The predicted molar refractivity (Wildman–Crippen MR) is 122 cm³/mol. The van der Waals surface area contributed by atoms with E-state index in [1.54, 1.807) is 35.2 Å². The summed E-state index contributed by atoms with van der Waals surface area (Å²) in [6.45, 7) is 2.14. The number of benzene rings is 2. The zero-order chi connectivity index (χ0) is 22.7. The molecule has 1 unspecified atom stereocenters. The second-order valence-corrected chi connectivity index (χ2v) is 10.3. The van der Waals surface area contributed by atoms with Crippen molar-refractivity contribution in [2.24, 2.45) is 0 Å². The van der Waals surface area contributed by atoms with Crippen LogP contribution in [0.15, 0.2) is 71.2 Å². The monoisotopic (exact) mass is 453 g/mol. The zero-order valence-electron chi connectivity index (χ0n) is 17.7. The van der Waals surface area contributed by atoms with Gasteiger partial charge in [0, 0.05) is 17.7 Å². The van der Waals surface area contributed by atoms with Crippen LogP contribution in [0.1, 0.15) is 23.3 Å². The van der Waals surface area contributed by atoms with Gasteiger partial charge in [0.05, 0.1) is 18.1 Å². The van der Waals surface area contributed by atoms with Crippen LogP contribution in [-0.2, 0) is 21.2 Å². The largest absolute Gasteiger partial charge is 0.459 e. The van der Waals surface area contributed by atoms with Gasteiger partial charge in [0.1, 0.15) is 17.3 Å². The van der Waals surface area contributed by atoms with Crippen LogP contribution in [0.2, 0.25) is 0 Å². The Hall–Kier alpha value is -3.19. The number of furan rings is 1. The van der Waals surface area contributed by atoms with E-state index in [4.69, 9.17) is 4.42 Å². The first kappa shape index (κ1) is 22.0. The molecule has 1 fully saturated rings. The third-order valence-corrected chi connectivity index (χ3v) is 7.29. The van der Waals surface area contributed by atoms with Gasteiger partial charge in [-0.1, -0.05) is 29.8 Å². The number of carbonyl (C=O) groups excluding carboxylic acids is 1. The fourth-order valence-electron chi connectivity index (χ4n) is 3.75. The average Bonchev–Trinajstić information content (AvgIpc) is 3.38. The summed E-state index contributed by atoms with van der Waals surface area (Å²) in [5, 5.41) is 0.